The van der Waals surface area contributed by atoms with Crippen LogP contribution in [0.4, 0.5) is 0 Å². The molecule has 1 aliphatic carbocycles. The molecule has 3 rings (SSSR count). The summed E-state index contributed by atoms with van der Waals surface area (Å²) in [4.78, 5) is 0. The summed E-state index contributed by atoms with van der Waals surface area (Å²) in [6.07, 6.45) is 5.00. The third-order valence-corrected chi connectivity index (χ3v) is 4.37. The molecule has 1 aromatic carbocycles. The summed E-state index contributed by atoms with van der Waals surface area (Å²) in [7, 11) is 0. The molecule has 3 heteroatoms. The van der Waals surface area contributed by atoms with Crippen LogP contribution in [0.15, 0.2) is 34.9 Å². The predicted octanol–water partition coefficient (Wildman–Crippen LogP) is 3.79. The molecule has 0 spiro atoms. The Kier molecular flexibility index (Phi) is 3.44. The fraction of sp³-hybridized carbons (Fsp3) is 0.467. The largest absolute Gasteiger partial charge is 0.346 e. The van der Waals surface area contributed by atoms with E-state index < -0.39 is 0 Å². The Hall–Kier alpha value is -0.800. The van der Waals surface area contributed by atoms with Crippen LogP contribution in [0.3, 0.4) is 0 Å². The molecule has 0 bridgehead atoms. The fourth-order valence-electron chi connectivity index (χ4n) is 2.54. The van der Waals surface area contributed by atoms with Crippen LogP contribution in [-0.2, 0) is 6.54 Å². The summed E-state index contributed by atoms with van der Waals surface area (Å²) in [5.41, 5.74) is 1.32. The zero-order valence-corrected chi connectivity index (χ0v) is 12.3. The molecule has 1 saturated carbocycles. The molecule has 1 aromatic heterocycles. The van der Waals surface area contributed by atoms with Gasteiger partial charge in [0.25, 0.3) is 0 Å². The van der Waals surface area contributed by atoms with Gasteiger partial charge in [-0.1, -0.05) is 15.9 Å². The van der Waals surface area contributed by atoms with E-state index in [1.54, 1.807) is 0 Å². The van der Waals surface area contributed by atoms with Gasteiger partial charge in [0.15, 0.2) is 0 Å². The van der Waals surface area contributed by atoms with Gasteiger partial charge in [-0.3, -0.25) is 0 Å². The monoisotopic (exact) mass is 306 g/mol. The van der Waals surface area contributed by atoms with Crippen LogP contribution in [0.2, 0.25) is 0 Å². The van der Waals surface area contributed by atoms with Gasteiger partial charge < -0.3 is 9.88 Å². The van der Waals surface area contributed by atoms with E-state index in [-0.39, 0.29) is 0 Å². The first-order chi connectivity index (χ1) is 8.74. The normalized spacial score (nSPS) is 17.2. The molecule has 0 aliphatic heterocycles. The zero-order chi connectivity index (χ0) is 12.5. The van der Waals surface area contributed by atoms with Gasteiger partial charge in [0.1, 0.15) is 0 Å². The molecule has 1 aliphatic rings. The topological polar surface area (TPSA) is 17.0 Å². The molecule has 96 valence electrons. The molecule has 1 unspecified atom stereocenters. The molecule has 1 fully saturated rings. The first-order valence-electron chi connectivity index (χ1n) is 6.72. The lowest BCUT2D eigenvalue weighted by Gasteiger charge is -2.13. The Morgan fingerprint density at radius 3 is 3.00 bits per heavy atom. The van der Waals surface area contributed by atoms with Crippen LogP contribution in [0.1, 0.15) is 19.8 Å². The van der Waals surface area contributed by atoms with Crippen LogP contribution < -0.4 is 5.32 Å². The van der Waals surface area contributed by atoms with Gasteiger partial charge in [-0.05, 0) is 49.9 Å². The second-order valence-electron chi connectivity index (χ2n) is 5.29. The maximum atomic E-state index is 3.63. The number of aromatic nitrogens is 1. The smallest absolute Gasteiger partial charge is 0.0481 e. The molecule has 2 aromatic rings. The average molecular weight is 307 g/mol. The lowest BCUT2D eigenvalue weighted by atomic mass is 10.2. The standard InChI is InChI=1S/C15H19BrN2/c1-11(12-2-3-12)17-7-9-18-8-6-13-10-14(16)4-5-15(13)18/h4-6,8,10-12,17H,2-3,7,9H2,1H3. The summed E-state index contributed by atoms with van der Waals surface area (Å²) >= 11 is 3.51. The molecule has 1 atom stereocenters. The fourth-order valence-corrected chi connectivity index (χ4v) is 2.92. The number of nitrogens with zero attached hydrogens (tertiary/aromatic N) is 1. The Balaban J connectivity index is 1.63. The van der Waals surface area contributed by atoms with Crippen molar-refractivity contribution in [2.45, 2.75) is 32.4 Å². The van der Waals surface area contributed by atoms with E-state index in [0.29, 0.717) is 6.04 Å². The Morgan fingerprint density at radius 1 is 1.39 bits per heavy atom. The second-order valence-corrected chi connectivity index (χ2v) is 6.21. The minimum atomic E-state index is 0.681. The van der Waals surface area contributed by atoms with Crippen molar-refractivity contribution in [3.05, 3.63) is 34.9 Å². The number of benzene rings is 1. The minimum Gasteiger partial charge on any atom is -0.346 e. The van der Waals surface area contributed by atoms with E-state index in [1.807, 2.05) is 0 Å². The molecule has 0 amide bonds. The molecular weight excluding hydrogens is 288 g/mol. The number of hydrogen-bond acceptors (Lipinski definition) is 1. The van der Waals surface area contributed by atoms with Crippen molar-refractivity contribution in [2.75, 3.05) is 6.54 Å². The number of halogens is 1. The van der Waals surface area contributed by atoms with Crippen molar-refractivity contribution in [2.24, 2.45) is 5.92 Å². The first kappa shape index (κ1) is 12.2. The third-order valence-electron chi connectivity index (χ3n) is 3.88. The van der Waals surface area contributed by atoms with Crippen LogP contribution in [0.5, 0.6) is 0 Å². The molecular formula is C15H19BrN2. The van der Waals surface area contributed by atoms with Crippen molar-refractivity contribution in [3.8, 4) is 0 Å². The third kappa shape index (κ3) is 2.62. The van der Waals surface area contributed by atoms with Crippen LogP contribution >= 0.6 is 15.9 Å². The van der Waals surface area contributed by atoms with Crippen LogP contribution in [-0.4, -0.2) is 17.2 Å². The van der Waals surface area contributed by atoms with Crippen molar-refractivity contribution in [1.29, 1.82) is 0 Å². The van der Waals surface area contributed by atoms with Crippen molar-refractivity contribution >= 4 is 26.8 Å². The maximum absolute atomic E-state index is 3.63. The molecule has 1 heterocycles. The SMILES string of the molecule is CC(NCCn1ccc2cc(Br)ccc21)C1CC1. The minimum absolute atomic E-state index is 0.681. The molecule has 18 heavy (non-hydrogen) atoms. The molecule has 0 saturated heterocycles. The highest BCUT2D eigenvalue weighted by Gasteiger charge is 2.27. The first-order valence-corrected chi connectivity index (χ1v) is 7.51. The highest BCUT2D eigenvalue weighted by atomic mass is 79.9. The quantitative estimate of drug-likeness (QED) is 0.889. The summed E-state index contributed by atoms with van der Waals surface area (Å²) in [5.74, 6) is 0.933. The van der Waals surface area contributed by atoms with Gasteiger partial charge in [-0.25, -0.2) is 0 Å². The van der Waals surface area contributed by atoms with E-state index in [1.165, 1.54) is 23.7 Å². The Bertz CT molecular complexity index is 542. The molecule has 1 N–H and O–H groups in total. The van der Waals surface area contributed by atoms with E-state index in [4.69, 9.17) is 0 Å². The summed E-state index contributed by atoms with van der Waals surface area (Å²) < 4.78 is 3.47. The van der Waals surface area contributed by atoms with Gasteiger partial charge >= 0.3 is 0 Å². The zero-order valence-electron chi connectivity index (χ0n) is 10.7. The van der Waals surface area contributed by atoms with Gasteiger partial charge in [0.2, 0.25) is 0 Å². The van der Waals surface area contributed by atoms with E-state index >= 15 is 0 Å². The molecule has 2 nitrogen and oxygen atoms in total. The van der Waals surface area contributed by atoms with Crippen LogP contribution in [0, 0.1) is 5.92 Å². The van der Waals surface area contributed by atoms with E-state index in [2.05, 4.69) is 63.2 Å². The lowest BCUT2D eigenvalue weighted by Crippen LogP contribution is -2.30. The number of hydrogen-bond donors (Lipinski definition) is 1. The lowest BCUT2D eigenvalue weighted by molar-refractivity contribution is 0.478. The van der Waals surface area contributed by atoms with Gasteiger partial charge in [-0.2, -0.15) is 0 Å². The van der Waals surface area contributed by atoms with Crippen molar-refractivity contribution < 1.29 is 0 Å². The van der Waals surface area contributed by atoms with E-state index in [9.17, 15) is 0 Å². The van der Waals surface area contributed by atoms with E-state index in [0.717, 1.165) is 23.5 Å². The Labute approximate surface area is 116 Å². The van der Waals surface area contributed by atoms with Gasteiger partial charge in [-0.15, -0.1) is 0 Å². The summed E-state index contributed by atoms with van der Waals surface area (Å²) in [6.45, 7) is 4.41. The van der Waals surface area contributed by atoms with Gasteiger partial charge in [0.05, 0.1) is 0 Å². The maximum Gasteiger partial charge on any atom is 0.0481 e. The number of rotatable bonds is 5. The second kappa shape index (κ2) is 5.06. The molecule has 0 radical (unpaired) electrons. The summed E-state index contributed by atoms with van der Waals surface area (Å²) in [5, 5.41) is 4.93. The number of fused-ring (bicyclic) bond motifs is 1. The van der Waals surface area contributed by atoms with Crippen molar-refractivity contribution in [1.82, 2.24) is 9.88 Å². The summed E-state index contributed by atoms with van der Waals surface area (Å²) in [6, 6.07) is 9.33. The predicted molar refractivity (Wildman–Crippen MR) is 79.8 cm³/mol. The average Bonchev–Trinajstić information content (AvgIpc) is 3.13. The highest BCUT2D eigenvalue weighted by molar-refractivity contribution is 9.10. The number of nitrogens with one attached hydrogen (secondary N) is 1. The van der Waals surface area contributed by atoms with Gasteiger partial charge in [0, 0.05) is 40.7 Å². The van der Waals surface area contributed by atoms with Crippen molar-refractivity contribution in [3.63, 3.8) is 0 Å². The van der Waals surface area contributed by atoms with Crippen LogP contribution in [0.25, 0.3) is 10.9 Å². The Morgan fingerprint density at radius 2 is 2.22 bits per heavy atom. The highest BCUT2D eigenvalue weighted by Crippen LogP contribution is 2.32.